The first kappa shape index (κ1) is 24.3. The highest BCUT2D eigenvalue weighted by molar-refractivity contribution is 5.80. The Morgan fingerprint density at radius 1 is 1.20 bits per heavy atom. The fraction of sp³-hybridized carbons (Fsp3) is 0.385. The molecule has 9 nitrogen and oxygen atoms in total. The number of nitrogens with one attached hydrogen (secondary N) is 2. The van der Waals surface area contributed by atoms with Crippen molar-refractivity contribution >= 4 is 17.7 Å². The average molecular weight is 478 g/mol. The van der Waals surface area contributed by atoms with Gasteiger partial charge in [-0.2, -0.15) is 5.10 Å². The number of carbonyl (C=O) groups is 2. The fourth-order valence-corrected chi connectivity index (χ4v) is 4.42. The quantitative estimate of drug-likeness (QED) is 0.350. The summed E-state index contributed by atoms with van der Waals surface area (Å²) in [6.45, 7) is 8.41. The van der Waals surface area contributed by atoms with Crippen LogP contribution in [0.2, 0.25) is 0 Å². The first-order valence-electron chi connectivity index (χ1n) is 12.0. The zero-order chi connectivity index (χ0) is 24.8. The Balaban J connectivity index is 1.28. The molecule has 0 fully saturated rings. The Morgan fingerprint density at radius 3 is 2.77 bits per heavy atom. The molecule has 2 unspecified atom stereocenters. The molecule has 2 aromatic carbocycles. The van der Waals surface area contributed by atoms with Crippen LogP contribution in [-0.2, 0) is 16.1 Å². The number of aromatic amines is 1. The van der Waals surface area contributed by atoms with Crippen molar-refractivity contribution in [2.75, 3.05) is 24.6 Å². The number of H-pyrrole nitrogens is 1. The molecule has 0 bridgehead atoms. The number of carbonyl (C=O) groups excluding carboxylic acids is 2. The summed E-state index contributed by atoms with van der Waals surface area (Å²) in [7, 11) is 0. The van der Waals surface area contributed by atoms with Crippen molar-refractivity contribution in [2.24, 2.45) is 5.92 Å². The maximum absolute atomic E-state index is 12.7. The summed E-state index contributed by atoms with van der Waals surface area (Å²) in [4.78, 5) is 31.3. The van der Waals surface area contributed by atoms with E-state index >= 15 is 0 Å². The zero-order valence-electron chi connectivity index (χ0n) is 20.3. The molecule has 9 heteroatoms. The summed E-state index contributed by atoms with van der Waals surface area (Å²) >= 11 is 0. The van der Waals surface area contributed by atoms with Crippen LogP contribution in [0, 0.1) is 5.92 Å². The van der Waals surface area contributed by atoms with E-state index in [0.717, 1.165) is 35.5 Å². The minimum Gasteiger partial charge on any atom is -0.450 e. The molecule has 3 aromatic rings. The van der Waals surface area contributed by atoms with E-state index in [1.54, 1.807) is 0 Å². The predicted octanol–water partition coefficient (Wildman–Crippen LogP) is 4.27. The lowest BCUT2D eigenvalue weighted by Crippen LogP contribution is -2.32. The predicted molar refractivity (Wildman–Crippen MR) is 132 cm³/mol. The average Bonchev–Trinajstić information content (AvgIpc) is 3.41. The van der Waals surface area contributed by atoms with E-state index in [-0.39, 0.29) is 24.4 Å². The van der Waals surface area contributed by atoms with Crippen LogP contribution in [0.3, 0.4) is 0 Å². The van der Waals surface area contributed by atoms with E-state index < -0.39 is 6.09 Å². The van der Waals surface area contributed by atoms with Gasteiger partial charge in [-0.3, -0.25) is 9.89 Å². The Hall–Kier alpha value is -3.88. The van der Waals surface area contributed by atoms with Gasteiger partial charge in [0.25, 0.3) is 0 Å². The lowest BCUT2D eigenvalue weighted by atomic mass is 9.83. The van der Waals surface area contributed by atoms with Crippen LogP contribution in [0.1, 0.15) is 44.2 Å². The van der Waals surface area contributed by atoms with Crippen molar-refractivity contribution in [1.82, 2.24) is 20.5 Å². The Bertz CT molecular complexity index is 1160. The van der Waals surface area contributed by atoms with E-state index in [4.69, 9.17) is 9.47 Å². The summed E-state index contributed by atoms with van der Waals surface area (Å²) < 4.78 is 11.0. The zero-order valence-corrected chi connectivity index (χ0v) is 20.3. The molecule has 1 aromatic heterocycles. The second kappa shape index (κ2) is 11.0. The number of ether oxygens (including phenoxy) is 2. The van der Waals surface area contributed by atoms with Crippen LogP contribution in [0.25, 0.3) is 11.4 Å². The lowest BCUT2D eigenvalue weighted by Gasteiger charge is -2.31. The van der Waals surface area contributed by atoms with Gasteiger partial charge in [-0.25, -0.2) is 9.78 Å². The third kappa shape index (κ3) is 5.62. The van der Waals surface area contributed by atoms with E-state index in [9.17, 15) is 9.59 Å². The van der Waals surface area contributed by atoms with Crippen molar-refractivity contribution in [3.8, 4) is 17.1 Å². The Morgan fingerprint density at radius 2 is 2.03 bits per heavy atom. The summed E-state index contributed by atoms with van der Waals surface area (Å²) in [6, 6.07) is 13.7. The maximum atomic E-state index is 12.7. The van der Waals surface area contributed by atoms with Gasteiger partial charge < -0.3 is 19.7 Å². The first-order valence-corrected chi connectivity index (χ1v) is 12.0. The number of benzene rings is 2. The number of alkyl carbamates (subject to hydrolysis) is 1. The second-order valence-corrected chi connectivity index (χ2v) is 8.52. The molecule has 2 atom stereocenters. The minimum atomic E-state index is -0.531. The number of anilines is 1. The monoisotopic (exact) mass is 477 g/mol. The largest absolute Gasteiger partial charge is 0.450 e. The van der Waals surface area contributed by atoms with Gasteiger partial charge in [-0.1, -0.05) is 31.2 Å². The maximum Gasteiger partial charge on any atom is 0.407 e. The molecule has 1 aliphatic heterocycles. The molecule has 0 aliphatic carbocycles. The molecule has 0 saturated carbocycles. The van der Waals surface area contributed by atoms with E-state index in [1.165, 1.54) is 6.33 Å². The molecule has 184 valence electrons. The Kier molecular flexibility index (Phi) is 7.64. The van der Waals surface area contributed by atoms with Gasteiger partial charge in [0.2, 0.25) is 0 Å². The molecule has 35 heavy (non-hydrogen) atoms. The van der Waals surface area contributed by atoms with Gasteiger partial charge in [0.15, 0.2) is 5.82 Å². The molecule has 1 aliphatic rings. The minimum absolute atomic E-state index is 0.0255. The van der Waals surface area contributed by atoms with Gasteiger partial charge in [-0.05, 0) is 49.4 Å². The number of esters is 1. The molecule has 0 radical (unpaired) electrons. The third-order valence-corrected chi connectivity index (χ3v) is 6.45. The summed E-state index contributed by atoms with van der Waals surface area (Å²) in [6.07, 6.45) is 1.31. The van der Waals surface area contributed by atoms with Crippen LogP contribution in [0.5, 0.6) is 5.75 Å². The van der Waals surface area contributed by atoms with Crippen molar-refractivity contribution in [3.05, 3.63) is 59.9 Å². The van der Waals surface area contributed by atoms with Gasteiger partial charge in [0, 0.05) is 37.0 Å². The molecular formula is C26H31N5O4. The summed E-state index contributed by atoms with van der Waals surface area (Å²) in [5.74, 6) is 0.605. The lowest BCUT2D eigenvalue weighted by molar-refractivity contribution is -0.141. The van der Waals surface area contributed by atoms with Crippen LogP contribution in [0.4, 0.5) is 10.5 Å². The second-order valence-electron chi connectivity index (χ2n) is 8.52. The smallest absolute Gasteiger partial charge is 0.407 e. The van der Waals surface area contributed by atoms with Crippen LogP contribution in [0.15, 0.2) is 48.8 Å². The molecule has 1 amide bonds. The highest BCUT2D eigenvalue weighted by atomic mass is 16.6. The van der Waals surface area contributed by atoms with Gasteiger partial charge in [-0.15, -0.1) is 0 Å². The summed E-state index contributed by atoms with van der Waals surface area (Å²) in [5, 5.41) is 9.42. The van der Waals surface area contributed by atoms with Crippen LogP contribution >= 0.6 is 0 Å². The van der Waals surface area contributed by atoms with Crippen molar-refractivity contribution in [1.29, 1.82) is 0 Å². The Labute approximate surface area is 204 Å². The van der Waals surface area contributed by atoms with Gasteiger partial charge in [0.1, 0.15) is 12.1 Å². The van der Waals surface area contributed by atoms with Gasteiger partial charge >= 0.3 is 12.1 Å². The topological polar surface area (TPSA) is 109 Å². The number of hydrogen-bond donors (Lipinski definition) is 2. The van der Waals surface area contributed by atoms with E-state index in [2.05, 4.69) is 45.3 Å². The highest BCUT2D eigenvalue weighted by Crippen LogP contribution is 2.40. The standard InChI is InChI=1S/C26H31N5O4/c1-4-31(5-2)20-9-10-21-17(3)22(25(32)35-23(21)14-20)11-12-34-26(33)27-15-18-7-6-8-19(13-18)24-28-16-29-30-24/h6-10,13-14,16-17,22H,4-5,11-12,15H2,1-3H3,(H,27,33)(H,28,29,30). The third-order valence-electron chi connectivity index (χ3n) is 6.45. The SMILES string of the molecule is CCN(CC)c1ccc2c(c1)OC(=O)C(CCOC(=O)NCc1cccc(-c3ncn[nH]3)c1)C2C. The number of fused-ring (bicyclic) bond motifs is 1. The van der Waals surface area contributed by atoms with Crippen LogP contribution in [-0.4, -0.2) is 46.9 Å². The molecule has 2 heterocycles. The van der Waals surface area contributed by atoms with Crippen molar-refractivity contribution in [2.45, 2.75) is 39.7 Å². The molecule has 4 rings (SSSR count). The number of nitrogens with zero attached hydrogens (tertiary/aromatic N) is 3. The summed E-state index contributed by atoms with van der Waals surface area (Å²) in [5.41, 5.74) is 3.82. The van der Waals surface area contributed by atoms with Crippen LogP contribution < -0.4 is 15.0 Å². The molecule has 0 saturated heterocycles. The normalized spacial score (nSPS) is 16.8. The molecular weight excluding hydrogens is 446 g/mol. The van der Waals surface area contributed by atoms with Crippen molar-refractivity contribution < 1.29 is 19.1 Å². The highest BCUT2D eigenvalue weighted by Gasteiger charge is 2.35. The molecule has 0 spiro atoms. The number of rotatable bonds is 9. The first-order chi connectivity index (χ1) is 17.0. The van der Waals surface area contributed by atoms with Gasteiger partial charge in [0.05, 0.1) is 12.5 Å². The van der Waals surface area contributed by atoms with E-state index in [1.807, 2.05) is 43.3 Å². The number of hydrogen-bond acceptors (Lipinski definition) is 7. The number of amides is 1. The van der Waals surface area contributed by atoms with E-state index in [0.29, 0.717) is 24.5 Å². The fourth-order valence-electron chi connectivity index (χ4n) is 4.42. The number of aromatic nitrogens is 3. The molecule has 2 N–H and O–H groups in total. The van der Waals surface area contributed by atoms with Crippen molar-refractivity contribution in [3.63, 3.8) is 0 Å².